The molecule has 0 amide bonds. The number of hydrogen-bond donors (Lipinski definition) is 1. The molecule has 2 aromatic carbocycles. The fraction of sp³-hybridized carbons (Fsp3) is 0.333. The number of rotatable bonds is 1. The van der Waals surface area contributed by atoms with Gasteiger partial charge >= 0.3 is 0 Å². The van der Waals surface area contributed by atoms with E-state index in [0.29, 0.717) is 0 Å². The van der Waals surface area contributed by atoms with E-state index in [1.165, 1.54) is 35.2 Å². The minimum absolute atomic E-state index is 0.204. The number of fused-ring (bicyclic) bond motifs is 4. The van der Waals surface area contributed by atoms with Crippen molar-refractivity contribution in [2.24, 2.45) is 0 Å². The highest BCUT2D eigenvalue weighted by molar-refractivity contribution is 9.10. The van der Waals surface area contributed by atoms with Crippen LogP contribution in [0.3, 0.4) is 0 Å². The normalized spacial score (nSPS) is 23.6. The van der Waals surface area contributed by atoms with Gasteiger partial charge in [-0.3, -0.25) is 0 Å². The summed E-state index contributed by atoms with van der Waals surface area (Å²) in [6.07, 6.45) is 6.92. The van der Waals surface area contributed by atoms with Crippen LogP contribution in [0, 0.1) is 6.92 Å². The van der Waals surface area contributed by atoms with Crippen molar-refractivity contribution in [3.63, 3.8) is 0 Å². The smallest absolute Gasteiger partial charge is 0.180 e. The fourth-order valence-corrected chi connectivity index (χ4v) is 4.69. The third-order valence-corrected chi connectivity index (χ3v) is 6.11. The first-order valence-corrected chi connectivity index (χ1v) is 9.77. The molecule has 1 aliphatic carbocycles. The summed E-state index contributed by atoms with van der Waals surface area (Å²) in [4.78, 5) is 0. The second-order valence-corrected chi connectivity index (χ2v) is 8.23. The molecule has 4 heteroatoms. The average molecular weight is 397 g/mol. The van der Waals surface area contributed by atoms with Gasteiger partial charge in [0.05, 0.1) is 11.7 Å². The molecule has 0 bridgehead atoms. The Hall–Kier alpha value is -1.78. The van der Waals surface area contributed by atoms with E-state index in [1.54, 1.807) is 0 Å². The first kappa shape index (κ1) is 15.5. The molecule has 2 aromatic rings. The van der Waals surface area contributed by atoms with Crippen LogP contribution in [0.1, 0.15) is 48.4 Å². The maximum absolute atomic E-state index is 6.56. The number of aryl methyl sites for hydroxylation is 1. The van der Waals surface area contributed by atoms with Crippen molar-refractivity contribution in [3.05, 3.63) is 69.7 Å². The molecule has 0 saturated heterocycles. The van der Waals surface area contributed by atoms with Crippen molar-refractivity contribution < 1.29 is 4.74 Å². The molecule has 2 aliphatic heterocycles. The van der Waals surface area contributed by atoms with Crippen LogP contribution in [0.2, 0.25) is 0 Å². The van der Waals surface area contributed by atoms with Crippen molar-refractivity contribution >= 4 is 21.6 Å². The highest BCUT2D eigenvalue weighted by atomic mass is 79.9. The predicted octanol–water partition coefficient (Wildman–Crippen LogP) is 5.32. The van der Waals surface area contributed by atoms with Gasteiger partial charge in [-0.2, -0.15) is 5.01 Å². The molecule has 2 heterocycles. The minimum atomic E-state index is -0.228. The van der Waals surface area contributed by atoms with Crippen molar-refractivity contribution in [2.45, 2.75) is 44.4 Å². The van der Waals surface area contributed by atoms with Crippen LogP contribution in [-0.2, 0) is 0 Å². The molecule has 1 N–H and O–H groups in total. The Labute approximate surface area is 156 Å². The van der Waals surface area contributed by atoms with Crippen LogP contribution in [0.5, 0.6) is 5.75 Å². The van der Waals surface area contributed by atoms with Gasteiger partial charge in [0, 0.05) is 22.9 Å². The molecule has 0 aromatic heterocycles. The number of hydrazine groups is 1. The zero-order chi connectivity index (χ0) is 17.0. The summed E-state index contributed by atoms with van der Waals surface area (Å²) in [5.41, 5.74) is 8.35. The van der Waals surface area contributed by atoms with Crippen molar-refractivity contribution in [1.82, 2.24) is 10.4 Å². The van der Waals surface area contributed by atoms with Gasteiger partial charge in [-0.25, -0.2) is 0 Å². The summed E-state index contributed by atoms with van der Waals surface area (Å²) in [6.45, 7) is 2.12. The number of ether oxygens (including phenoxy) is 1. The van der Waals surface area contributed by atoms with Crippen LogP contribution < -0.4 is 10.2 Å². The molecule has 1 fully saturated rings. The molecule has 5 rings (SSSR count). The number of benzene rings is 2. The number of hydrogen-bond acceptors (Lipinski definition) is 3. The van der Waals surface area contributed by atoms with Gasteiger partial charge in [-0.15, -0.1) is 0 Å². The number of halogens is 1. The van der Waals surface area contributed by atoms with Gasteiger partial charge in [0.2, 0.25) is 0 Å². The summed E-state index contributed by atoms with van der Waals surface area (Å²) < 4.78 is 7.65. The lowest BCUT2D eigenvalue weighted by Crippen LogP contribution is -2.58. The van der Waals surface area contributed by atoms with Crippen LogP contribution in [0.4, 0.5) is 0 Å². The second kappa shape index (κ2) is 5.61. The van der Waals surface area contributed by atoms with Gasteiger partial charge in [-0.1, -0.05) is 45.8 Å². The first-order chi connectivity index (χ1) is 12.1. The quantitative estimate of drug-likeness (QED) is 0.705. The summed E-state index contributed by atoms with van der Waals surface area (Å²) in [5.74, 6) is 1.02. The molecular formula is C21H21BrN2O. The van der Waals surface area contributed by atoms with E-state index < -0.39 is 0 Å². The fourth-order valence-electron chi connectivity index (χ4n) is 4.31. The highest BCUT2D eigenvalue weighted by Crippen LogP contribution is 2.50. The molecule has 1 spiro atoms. The maximum atomic E-state index is 6.56. The Kier molecular flexibility index (Phi) is 3.47. The van der Waals surface area contributed by atoms with Gasteiger partial charge < -0.3 is 10.2 Å². The van der Waals surface area contributed by atoms with Crippen LogP contribution in [0.25, 0.3) is 5.70 Å². The molecule has 3 aliphatic rings. The molecule has 1 atom stereocenters. The topological polar surface area (TPSA) is 24.5 Å². The molecule has 3 nitrogen and oxygen atoms in total. The Balaban J connectivity index is 1.61. The van der Waals surface area contributed by atoms with E-state index >= 15 is 0 Å². The molecule has 0 radical (unpaired) electrons. The third kappa shape index (κ3) is 2.42. The SMILES string of the molecule is Cc1ccc(C2=C[C@H]3c4cc(Br)ccc4OC4(CCCC4)N3N2)cc1. The second-order valence-electron chi connectivity index (χ2n) is 7.31. The van der Waals surface area contributed by atoms with E-state index in [9.17, 15) is 0 Å². The maximum Gasteiger partial charge on any atom is 0.180 e. The Morgan fingerprint density at radius 3 is 2.64 bits per heavy atom. The van der Waals surface area contributed by atoms with E-state index in [0.717, 1.165) is 23.1 Å². The highest BCUT2D eigenvalue weighted by Gasteiger charge is 2.51. The molecule has 25 heavy (non-hydrogen) atoms. The lowest BCUT2D eigenvalue weighted by atomic mass is 9.98. The predicted molar refractivity (Wildman–Crippen MR) is 103 cm³/mol. The third-order valence-electron chi connectivity index (χ3n) is 5.62. The van der Waals surface area contributed by atoms with E-state index in [-0.39, 0.29) is 11.8 Å². The summed E-state index contributed by atoms with van der Waals surface area (Å²) >= 11 is 3.62. The molecule has 0 unspecified atom stereocenters. The lowest BCUT2D eigenvalue weighted by Gasteiger charge is -2.46. The summed E-state index contributed by atoms with van der Waals surface area (Å²) in [7, 11) is 0. The largest absolute Gasteiger partial charge is 0.471 e. The monoisotopic (exact) mass is 396 g/mol. The van der Waals surface area contributed by atoms with E-state index in [2.05, 4.69) is 81.8 Å². The average Bonchev–Trinajstić information content (AvgIpc) is 3.25. The Bertz CT molecular complexity index is 853. The van der Waals surface area contributed by atoms with Gasteiger partial charge in [0.15, 0.2) is 5.72 Å². The lowest BCUT2D eigenvalue weighted by molar-refractivity contribution is -0.125. The van der Waals surface area contributed by atoms with Crippen molar-refractivity contribution in [2.75, 3.05) is 0 Å². The molecule has 1 saturated carbocycles. The first-order valence-electron chi connectivity index (χ1n) is 8.98. The van der Waals surface area contributed by atoms with Gasteiger partial charge in [0.1, 0.15) is 5.75 Å². The zero-order valence-corrected chi connectivity index (χ0v) is 15.8. The van der Waals surface area contributed by atoms with E-state index in [1.807, 2.05) is 0 Å². The van der Waals surface area contributed by atoms with Gasteiger partial charge in [0.25, 0.3) is 0 Å². The summed E-state index contributed by atoms with van der Waals surface area (Å²) in [6, 6.07) is 15.3. The van der Waals surface area contributed by atoms with Crippen LogP contribution in [0.15, 0.2) is 53.0 Å². The van der Waals surface area contributed by atoms with Crippen molar-refractivity contribution in [1.29, 1.82) is 0 Å². The Morgan fingerprint density at radius 2 is 1.88 bits per heavy atom. The van der Waals surface area contributed by atoms with Crippen LogP contribution in [-0.4, -0.2) is 10.7 Å². The standard InChI is InChI=1S/C21H21BrN2O/c1-14-4-6-15(7-5-14)18-13-19-17-12-16(22)8-9-20(17)25-21(24(19)23-18)10-2-3-11-21/h4-9,12-13,19,23H,2-3,10-11H2,1H3/t19-/m0/s1. The molecular weight excluding hydrogens is 376 g/mol. The number of nitrogens with one attached hydrogen (secondary N) is 1. The molecule has 128 valence electrons. The number of nitrogens with zero attached hydrogens (tertiary/aromatic N) is 1. The van der Waals surface area contributed by atoms with Gasteiger partial charge in [-0.05, 0) is 49.6 Å². The van der Waals surface area contributed by atoms with Crippen LogP contribution >= 0.6 is 15.9 Å². The minimum Gasteiger partial charge on any atom is -0.471 e. The Morgan fingerprint density at radius 1 is 1.12 bits per heavy atom. The zero-order valence-electron chi connectivity index (χ0n) is 14.3. The summed E-state index contributed by atoms with van der Waals surface area (Å²) in [5, 5.41) is 2.35. The van der Waals surface area contributed by atoms with E-state index in [4.69, 9.17) is 4.74 Å². The van der Waals surface area contributed by atoms with Crippen molar-refractivity contribution in [3.8, 4) is 5.75 Å².